The molecule has 1 amide bonds. The van der Waals surface area contributed by atoms with Crippen molar-refractivity contribution in [3.05, 3.63) is 21.4 Å². The van der Waals surface area contributed by atoms with E-state index in [-0.39, 0.29) is 18.3 Å². The van der Waals surface area contributed by atoms with Crippen LogP contribution in [0.15, 0.2) is 6.07 Å². The molecule has 1 aromatic heterocycles. The Kier molecular flexibility index (Phi) is 9.18. The molecule has 3 nitrogen and oxygen atoms in total. The van der Waals surface area contributed by atoms with Crippen molar-refractivity contribution in [2.24, 2.45) is 5.92 Å². The highest BCUT2D eigenvalue weighted by atomic mass is 35.5. The van der Waals surface area contributed by atoms with Gasteiger partial charge in [0.1, 0.15) is 0 Å². The molecule has 0 bridgehead atoms. The van der Waals surface area contributed by atoms with Gasteiger partial charge in [-0.3, -0.25) is 4.79 Å². The quantitative estimate of drug-likeness (QED) is 0.794. The van der Waals surface area contributed by atoms with Crippen LogP contribution in [0, 0.1) is 5.92 Å². The van der Waals surface area contributed by atoms with Crippen molar-refractivity contribution >= 4 is 29.7 Å². The van der Waals surface area contributed by atoms with Gasteiger partial charge in [-0.05, 0) is 56.3 Å². The largest absolute Gasteiger partial charge is 0.338 e. The van der Waals surface area contributed by atoms with E-state index in [0.717, 1.165) is 69.1 Å². The SMILES string of the molecule is CCCc1sc(C(=O)N2CCC(CNCC)CC2)cc1CC.Cl. The second-order valence-corrected chi connectivity index (χ2v) is 7.34. The zero-order chi connectivity index (χ0) is 15.9. The molecule has 0 aliphatic carbocycles. The Hall–Kier alpha value is -0.580. The number of amides is 1. The first-order valence-corrected chi connectivity index (χ1v) is 9.62. The van der Waals surface area contributed by atoms with E-state index in [1.165, 1.54) is 10.4 Å². The van der Waals surface area contributed by atoms with Crippen LogP contribution in [0.1, 0.15) is 60.1 Å². The number of aryl methyl sites for hydroxylation is 2. The number of likely N-dealkylation sites (tertiary alicyclic amines) is 1. The lowest BCUT2D eigenvalue weighted by molar-refractivity contribution is 0.0695. The van der Waals surface area contributed by atoms with Crippen LogP contribution in [0.25, 0.3) is 0 Å². The van der Waals surface area contributed by atoms with Crippen molar-refractivity contribution < 1.29 is 4.79 Å². The summed E-state index contributed by atoms with van der Waals surface area (Å²) in [6, 6.07) is 2.14. The van der Waals surface area contributed by atoms with Crippen molar-refractivity contribution in [3.63, 3.8) is 0 Å². The highest BCUT2D eigenvalue weighted by Gasteiger charge is 2.25. The zero-order valence-corrected chi connectivity index (χ0v) is 16.3. The van der Waals surface area contributed by atoms with Gasteiger partial charge in [0.05, 0.1) is 4.88 Å². The van der Waals surface area contributed by atoms with E-state index < -0.39 is 0 Å². The average Bonchev–Trinajstić information content (AvgIpc) is 2.96. The van der Waals surface area contributed by atoms with Gasteiger partial charge in [-0.2, -0.15) is 0 Å². The van der Waals surface area contributed by atoms with E-state index in [9.17, 15) is 4.79 Å². The molecule has 0 unspecified atom stereocenters. The Bertz CT molecular complexity index is 481. The third kappa shape index (κ3) is 5.47. The van der Waals surface area contributed by atoms with Crippen molar-refractivity contribution in [3.8, 4) is 0 Å². The van der Waals surface area contributed by atoms with E-state index in [0.29, 0.717) is 0 Å². The van der Waals surface area contributed by atoms with E-state index in [1.54, 1.807) is 11.3 Å². The number of piperidine rings is 1. The topological polar surface area (TPSA) is 32.3 Å². The Morgan fingerprint density at radius 2 is 2.00 bits per heavy atom. The van der Waals surface area contributed by atoms with Gasteiger partial charge in [0, 0.05) is 18.0 Å². The van der Waals surface area contributed by atoms with E-state index in [4.69, 9.17) is 0 Å². The van der Waals surface area contributed by atoms with Gasteiger partial charge in [-0.15, -0.1) is 23.7 Å². The molecule has 1 fully saturated rings. The Balaban J connectivity index is 0.00000264. The summed E-state index contributed by atoms with van der Waals surface area (Å²) in [4.78, 5) is 17.1. The smallest absolute Gasteiger partial charge is 0.263 e. The lowest BCUT2D eigenvalue weighted by Gasteiger charge is -2.31. The Morgan fingerprint density at radius 1 is 1.30 bits per heavy atom. The summed E-state index contributed by atoms with van der Waals surface area (Å²) < 4.78 is 0. The molecular weight excluding hydrogens is 328 g/mol. The molecule has 2 heterocycles. The van der Waals surface area contributed by atoms with Crippen molar-refractivity contribution in [1.29, 1.82) is 0 Å². The van der Waals surface area contributed by atoms with Crippen LogP contribution in [0.4, 0.5) is 0 Å². The van der Waals surface area contributed by atoms with Crippen LogP contribution in [0.3, 0.4) is 0 Å². The van der Waals surface area contributed by atoms with Crippen molar-refractivity contribution in [2.45, 2.75) is 52.9 Å². The minimum atomic E-state index is 0. The molecule has 1 aliphatic rings. The van der Waals surface area contributed by atoms with Gasteiger partial charge in [-0.1, -0.05) is 27.2 Å². The summed E-state index contributed by atoms with van der Waals surface area (Å²) in [5.41, 5.74) is 1.37. The van der Waals surface area contributed by atoms with Gasteiger partial charge in [0.2, 0.25) is 0 Å². The summed E-state index contributed by atoms with van der Waals surface area (Å²) in [5.74, 6) is 0.984. The molecule has 1 aliphatic heterocycles. The number of hydrogen-bond donors (Lipinski definition) is 1. The molecule has 0 atom stereocenters. The van der Waals surface area contributed by atoms with Gasteiger partial charge in [0.15, 0.2) is 0 Å². The number of rotatable bonds is 7. The maximum atomic E-state index is 12.7. The molecule has 1 aromatic rings. The summed E-state index contributed by atoms with van der Waals surface area (Å²) in [6.45, 7) is 10.5. The van der Waals surface area contributed by atoms with Crippen molar-refractivity contribution in [1.82, 2.24) is 10.2 Å². The first-order valence-electron chi connectivity index (χ1n) is 8.81. The Morgan fingerprint density at radius 3 is 2.57 bits per heavy atom. The first kappa shape index (κ1) is 20.5. The highest BCUT2D eigenvalue weighted by molar-refractivity contribution is 7.14. The molecule has 1 saturated heterocycles. The van der Waals surface area contributed by atoms with Crippen molar-refractivity contribution in [2.75, 3.05) is 26.2 Å². The molecule has 0 aromatic carbocycles. The van der Waals surface area contributed by atoms with E-state index in [2.05, 4.69) is 37.1 Å². The second-order valence-electron chi connectivity index (χ2n) is 6.21. The minimum Gasteiger partial charge on any atom is -0.338 e. The molecule has 2 rings (SSSR count). The summed E-state index contributed by atoms with van der Waals surface area (Å²) in [5, 5.41) is 3.42. The normalized spacial score (nSPS) is 15.5. The number of carbonyl (C=O) groups excluding carboxylic acids is 1. The van der Waals surface area contributed by atoms with Crippen LogP contribution in [0.2, 0.25) is 0 Å². The fourth-order valence-corrected chi connectivity index (χ4v) is 4.48. The summed E-state index contributed by atoms with van der Waals surface area (Å²) in [6.07, 6.45) is 5.55. The monoisotopic (exact) mass is 358 g/mol. The van der Waals surface area contributed by atoms with Gasteiger partial charge >= 0.3 is 0 Å². The van der Waals surface area contributed by atoms with Crippen LogP contribution in [-0.2, 0) is 12.8 Å². The molecule has 0 radical (unpaired) electrons. The van der Waals surface area contributed by atoms with E-state index in [1.807, 2.05) is 0 Å². The average molecular weight is 359 g/mol. The van der Waals surface area contributed by atoms with Crippen LogP contribution < -0.4 is 5.32 Å². The molecule has 0 spiro atoms. The molecule has 5 heteroatoms. The van der Waals surface area contributed by atoms with Crippen LogP contribution in [-0.4, -0.2) is 37.0 Å². The number of thiophene rings is 1. The number of hydrogen-bond acceptors (Lipinski definition) is 3. The van der Waals surface area contributed by atoms with Gasteiger partial charge in [0.25, 0.3) is 5.91 Å². The third-order valence-corrected chi connectivity index (χ3v) is 5.78. The lowest BCUT2D eigenvalue weighted by Crippen LogP contribution is -2.40. The van der Waals surface area contributed by atoms with Gasteiger partial charge < -0.3 is 10.2 Å². The fraction of sp³-hybridized carbons (Fsp3) is 0.722. The number of nitrogens with one attached hydrogen (secondary N) is 1. The second kappa shape index (κ2) is 10.3. The fourth-order valence-electron chi connectivity index (χ4n) is 3.15. The predicted molar refractivity (Wildman–Crippen MR) is 102 cm³/mol. The lowest BCUT2D eigenvalue weighted by atomic mass is 9.96. The number of nitrogens with zero attached hydrogens (tertiary/aromatic N) is 1. The highest BCUT2D eigenvalue weighted by Crippen LogP contribution is 2.27. The number of carbonyl (C=O) groups is 1. The standard InChI is InChI=1S/C18H30N2OS.ClH/c1-4-7-16-15(5-2)12-17(22-16)18(21)20-10-8-14(9-11-20)13-19-6-3;/h12,14,19H,4-11,13H2,1-3H3;1H. The molecule has 132 valence electrons. The van der Waals surface area contributed by atoms with E-state index >= 15 is 0 Å². The van der Waals surface area contributed by atoms with Crippen LogP contribution >= 0.6 is 23.7 Å². The third-order valence-electron chi connectivity index (χ3n) is 4.55. The molecule has 0 saturated carbocycles. The van der Waals surface area contributed by atoms with Crippen LogP contribution in [0.5, 0.6) is 0 Å². The van der Waals surface area contributed by atoms with Gasteiger partial charge in [-0.25, -0.2) is 0 Å². The zero-order valence-electron chi connectivity index (χ0n) is 14.7. The molecule has 1 N–H and O–H groups in total. The maximum absolute atomic E-state index is 12.7. The summed E-state index contributed by atoms with van der Waals surface area (Å²) >= 11 is 1.72. The number of halogens is 1. The molecular formula is C18H31ClN2OS. The maximum Gasteiger partial charge on any atom is 0.263 e. The Labute approximate surface area is 151 Å². The first-order chi connectivity index (χ1) is 10.7. The minimum absolute atomic E-state index is 0. The molecule has 23 heavy (non-hydrogen) atoms. The summed E-state index contributed by atoms with van der Waals surface area (Å²) in [7, 11) is 0. The predicted octanol–water partition coefficient (Wildman–Crippen LogP) is 4.15.